The van der Waals surface area contributed by atoms with Crippen molar-refractivity contribution in [1.82, 2.24) is 9.55 Å². The lowest BCUT2D eigenvalue weighted by molar-refractivity contribution is 0.415. The number of fused-ring (bicyclic) bond motifs is 2. The Morgan fingerprint density at radius 2 is 1.93 bits per heavy atom. The van der Waals surface area contributed by atoms with Crippen LogP contribution in [-0.4, -0.2) is 30.8 Å². The van der Waals surface area contributed by atoms with E-state index < -0.39 is 9.84 Å². The number of rotatable bonds is 4. The minimum atomic E-state index is -3.46. The van der Waals surface area contributed by atoms with E-state index in [-0.39, 0.29) is 17.2 Å². The average Bonchev–Trinajstić information content (AvgIpc) is 3.04. The minimum Gasteiger partial charge on any atom is -0.497 e. The highest BCUT2D eigenvalue weighted by Gasteiger charge is 2.31. The molecule has 2 aromatic carbocycles. The molecule has 0 aliphatic carbocycles. The van der Waals surface area contributed by atoms with Gasteiger partial charge in [0.05, 0.1) is 28.7 Å². The Labute approximate surface area is 157 Å². The van der Waals surface area contributed by atoms with Gasteiger partial charge in [-0.2, -0.15) is 0 Å². The zero-order chi connectivity index (χ0) is 19.2. The van der Waals surface area contributed by atoms with E-state index in [9.17, 15) is 13.2 Å². The lowest BCUT2D eigenvalue weighted by Gasteiger charge is -2.12. The molecule has 2 heterocycles. The van der Waals surface area contributed by atoms with Crippen molar-refractivity contribution in [2.75, 3.05) is 12.9 Å². The summed E-state index contributed by atoms with van der Waals surface area (Å²) in [6, 6.07) is 12.0. The van der Waals surface area contributed by atoms with Crippen molar-refractivity contribution in [2.45, 2.75) is 30.7 Å². The van der Waals surface area contributed by atoms with E-state index in [0.717, 1.165) is 5.56 Å². The van der Waals surface area contributed by atoms with Gasteiger partial charge in [-0.25, -0.2) is 13.4 Å². The maximum Gasteiger partial charge on any atom is 0.261 e. The molecule has 1 atom stereocenters. The van der Waals surface area contributed by atoms with E-state index in [4.69, 9.17) is 4.74 Å². The summed E-state index contributed by atoms with van der Waals surface area (Å²) >= 11 is 0. The van der Waals surface area contributed by atoms with Crippen molar-refractivity contribution in [1.29, 1.82) is 0 Å². The predicted octanol–water partition coefficient (Wildman–Crippen LogP) is 2.67. The third-order valence-corrected chi connectivity index (χ3v) is 6.89. The van der Waals surface area contributed by atoms with Crippen LogP contribution in [0.1, 0.15) is 23.7 Å². The van der Waals surface area contributed by atoms with Crippen LogP contribution in [0.5, 0.6) is 5.75 Å². The van der Waals surface area contributed by atoms with Crippen LogP contribution in [0.4, 0.5) is 0 Å². The van der Waals surface area contributed by atoms with Gasteiger partial charge in [0.25, 0.3) is 5.56 Å². The lowest BCUT2D eigenvalue weighted by Crippen LogP contribution is -2.22. The molecule has 1 aliphatic rings. The lowest BCUT2D eigenvalue weighted by atomic mass is 10.1. The van der Waals surface area contributed by atoms with Gasteiger partial charge in [0.2, 0.25) is 0 Å². The van der Waals surface area contributed by atoms with Crippen LogP contribution in [0.2, 0.25) is 0 Å². The molecule has 1 aromatic heterocycles. The van der Waals surface area contributed by atoms with Gasteiger partial charge in [-0.15, -0.1) is 0 Å². The standard InChI is InChI=1S/C20H20N2O4S/c1-13-3-6-16(7-4-13)27(24,25)12-14-9-10-22-19(14)21-18-11-15(26-2)5-8-17(18)20(22)23/h3-8,11,14H,9-10,12H2,1-2H3. The average molecular weight is 384 g/mol. The summed E-state index contributed by atoms with van der Waals surface area (Å²) in [6.45, 7) is 2.40. The molecule has 1 aliphatic heterocycles. The molecule has 0 radical (unpaired) electrons. The van der Waals surface area contributed by atoms with Crippen molar-refractivity contribution < 1.29 is 13.2 Å². The maximum atomic E-state index is 12.8. The van der Waals surface area contributed by atoms with Crippen LogP contribution in [0.3, 0.4) is 0 Å². The van der Waals surface area contributed by atoms with E-state index >= 15 is 0 Å². The fourth-order valence-electron chi connectivity index (χ4n) is 3.55. The first-order chi connectivity index (χ1) is 12.9. The fraction of sp³-hybridized carbons (Fsp3) is 0.300. The summed E-state index contributed by atoms with van der Waals surface area (Å²) in [5.74, 6) is 0.787. The van der Waals surface area contributed by atoms with E-state index in [1.807, 2.05) is 6.92 Å². The Morgan fingerprint density at radius 1 is 1.19 bits per heavy atom. The summed E-state index contributed by atoms with van der Waals surface area (Å²) in [5, 5.41) is 0.515. The molecule has 0 saturated heterocycles. The van der Waals surface area contributed by atoms with Gasteiger partial charge in [-0.3, -0.25) is 9.36 Å². The highest BCUT2D eigenvalue weighted by atomic mass is 32.2. The number of sulfone groups is 1. The van der Waals surface area contributed by atoms with Gasteiger partial charge in [-0.05, 0) is 37.6 Å². The first-order valence-corrected chi connectivity index (χ1v) is 10.4. The van der Waals surface area contributed by atoms with Gasteiger partial charge in [0, 0.05) is 18.5 Å². The summed E-state index contributed by atoms with van der Waals surface area (Å²) in [4.78, 5) is 17.7. The zero-order valence-corrected chi connectivity index (χ0v) is 16.0. The molecule has 0 N–H and O–H groups in total. The molecule has 0 bridgehead atoms. The first-order valence-electron chi connectivity index (χ1n) is 8.77. The monoisotopic (exact) mass is 384 g/mol. The number of aryl methyl sites for hydroxylation is 1. The summed E-state index contributed by atoms with van der Waals surface area (Å²) in [7, 11) is -1.91. The summed E-state index contributed by atoms with van der Waals surface area (Å²) < 4.78 is 32.5. The van der Waals surface area contributed by atoms with E-state index in [1.54, 1.807) is 54.1 Å². The molecule has 0 spiro atoms. The van der Waals surface area contributed by atoms with Crippen LogP contribution < -0.4 is 10.3 Å². The highest BCUT2D eigenvalue weighted by molar-refractivity contribution is 7.91. The molecule has 1 unspecified atom stereocenters. The van der Waals surface area contributed by atoms with Crippen molar-refractivity contribution in [3.8, 4) is 5.75 Å². The largest absolute Gasteiger partial charge is 0.497 e. The molecule has 3 aromatic rings. The second kappa shape index (κ2) is 6.49. The Balaban J connectivity index is 1.74. The molecule has 7 heteroatoms. The molecular weight excluding hydrogens is 364 g/mol. The second-order valence-electron chi connectivity index (χ2n) is 6.89. The summed E-state index contributed by atoms with van der Waals surface area (Å²) in [5.41, 5.74) is 1.41. The fourth-order valence-corrected chi connectivity index (χ4v) is 5.14. The molecule has 27 heavy (non-hydrogen) atoms. The van der Waals surface area contributed by atoms with Gasteiger partial charge in [0.15, 0.2) is 9.84 Å². The smallest absolute Gasteiger partial charge is 0.261 e. The number of benzene rings is 2. The Kier molecular flexibility index (Phi) is 4.26. The number of ether oxygens (including phenoxy) is 1. The van der Waals surface area contributed by atoms with Crippen LogP contribution >= 0.6 is 0 Å². The van der Waals surface area contributed by atoms with Gasteiger partial charge in [-0.1, -0.05) is 17.7 Å². The predicted molar refractivity (Wildman–Crippen MR) is 103 cm³/mol. The molecule has 0 saturated carbocycles. The molecule has 140 valence electrons. The quantitative estimate of drug-likeness (QED) is 0.691. The zero-order valence-electron chi connectivity index (χ0n) is 15.2. The van der Waals surface area contributed by atoms with Crippen molar-refractivity contribution >= 4 is 20.7 Å². The third-order valence-electron chi connectivity index (χ3n) is 5.06. The van der Waals surface area contributed by atoms with Crippen LogP contribution in [0.15, 0.2) is 52.2 Å². The number of hydrogen-bond donors (Lipinski definition) is 0. The van der Waals surface area contributed by atoms with Crippen LogP contribution in [-0.2, 0) is 16.4 Å². The molecule has 0 fully saturated rings. The van der Waals surface area contributed by atoms with Crippen LogP contribution in [0, 0.1) is 6.92 Å². The highest BCUT2D eigenvalue weighted by Crippen LogP contribution is 2.30. The van der Waals surface area contributed by atoms with E-state index in [0.29, 0.717) is 40.3 Å². The van der Waals surface area contributed by atoms with Crippen LogP contribution in [0.25, 0.3) is 10.9 Å². The number of methoxy groups -OCH3 is 1. The van der Waals surface area contributed by atoms with Gasteiger partial charge < -0.3 is 4.74 Å². The van der Waals surface area contributed by atoms with Crippen molar-refractivity contribution in [2.24, 2.45) is 0 Å². The Bertz CT molecular complexity index is 1180. The summed E-state index contributed by atoms with van der Waals surface area (Å²) in [6.07, 6.45) is 0.584. The number of nitrogens with zero attached hydrogens (tertiary/aromatic N) is 2. The van der Waals surface area contributed by atoms with Gasteiger partial charge >= 0.3 is 0 Å². The number of hydrogen-bond acceptors (Lipinski definition) is 5. The van der Waals surface area contributed by atoms with E-state index in [2.05, 4.69) is 4.98 Å². The topological polar surface area (TPSA) is 78.3 Å². The maximum absolute atomic E-state index is 12.8. The van der Waals surface area contributed by atoms with Crippen molar-refractivity contribution in [3.63, 3.8) is 0 Å². The Morgan fingerprint density at radius 3 is 2.63 bits per heavy atom. The normalized spacial score (nSPS) is 16.4. The number of aromatic nitrogens is 2. The third kappa shape index (κ3) is 3.12. The minimum absolute atomic E-state index is 0.0576. The molecule has 6 nitrogen and oxygen atoms in total. The van der Waals surface area contributed by atoms with E-state index in [1.165, 1.54) is 0 Å². The molecular formula is C20H20N2O4S. The molecule has 0 amide bonds. The molecule has 4 rings (SSSR count). The Hall–Kier alpha value is -2.67. The first kappa shape index (κ1) is 17.7. The van der Waals surface area contributed by atoms with Gasteiger partial charge in [0.1, 0.15) is 11.6 Å². The van der Waals surface area contributed by atoms with Crippen molar-refractivity contribution in [3.05, 3.63) is 64.2 Å². The SMILES string of the molecule is COc1ccc2c(=O)n3c(nc2c1)C(CS(=O)(=O)c1ccc(C)cc1)CC3. The second-order valence-corrected chi connectivity index (χ2v) is 8.92.